The standard InChI is InChI=1S/C20H23NO2/c1-16(20-19(22)12-13-23-20)21(14-17-8-4-2-5-9-17)15-18-10-6-3-7-11-18/h2-11,16,20H,12-15H2,1H3/t16-,20-/m1/s1. The van der Waals surface area contributed by atoms with E-state index in [1.807, 2.05) is 12.1 Å². The van der Waals surface area contributed by atoms with Crippen molar-refractivity contribution in [2.75, 3.05) is 6.61 Å². The Labute approximate surface area is 137 Å². The molecule has 1 heterocycles. The van der Waals surface area contributed by atoms with Crippen molar-refractivity contribution in [3.63, 3.8) is 0 Å². The molecule has 2 aromatic carbocycles. The van der Waals surface area contributed by atoms with Crippen molar-refractivity contribution in [1.29, 1.82) is 0 Å². The lowest BCUT2D eigenvalue weighted by Crippen LogP contribution is -2.43. The van der Waals surface area contributed by atoms with Crippen LogP contribution in [0.15, 0.2) is 60.7 Å². The second-order valence-corrected chi connectivity index (χ2v) is 6.12. The van der Waals surface area contributed by atoms with Crippen LogP contribution in [0.3, 0.4) is 0 Å². The van der Waals surface area contributed by atoms with E-state index < -0.39 is 0 Å². The minimum Gasteiger partial charge on any atom is -0.368 e. The third-order valence-corrected chi connectivity index (χ3v) is 4.43. The lowest BCUT2D eigenvalue weighted by atomic mass is 10.0. The molecule has 0 spiro atoms. The smallest absolute Gasteiger partial charge is 0.165 e. The van der Waals surface area contributed by atoms with Gasteiger partial charge in [0.25, 0.3) is 0 Å². The second kappa shape index (κ2) is 7.53. The quantitative estimate of drug-likeness (QED) is 0.818. The minimum atomic E-state index is -0.303. The maximum Gasteiger partial charge on any atom is 0.165 e. The maximum atomic E-state index is 12.1. The van der Waals surface area contributed by atoms with E-state index in [1.165, 1.54) is 11.1 Å². The Morgan fingerprint density at radius 3 is 1.96 bits per heavy atom. The Hall–Kier alpha value is -1.97. The summed E-state index contributed by atoms with van der Waals surface area (Å²) in [6.45, 7) is 4.27. The molecule has 0 radical (unpaired) electrons. The number of Topliss-reactive ketones (excluding diaryl/α,β-unsaturated/α-hetero) is 1. The van der Waals surface area contributed by atoms with Crippen LogP contribution in [-0.4, -0.2) is 29.4 Å². The summed E-state index contributed by atoms with van der Waals surface area (Å²) < 4.78 is 5.69. The van der Waals surface area contributed by atoms with E-state index in [0.29, 0.717) is 13.0 Å². The number of rotatable bonds is 6. The number of carbonyl (C=O) groups excluding carboxylic acids is 1. The van der Waals surface area contributed by atoms with Crippen molar-refractivity contribution in [3.05, 3.63) is 71.8 Å². The predicted molar refractivity (Wildman–Crippen MR) is 91.0 cm³/mol. The summed E-state index contributed by atoms with van der Waals surface area (Å²) in [5.41, 5.74) is 2.50. The highest BCUT2D eigenvalue weighted by atomic mass is 16.5. The molecule has 0 aromatic heterocycles. The molecule has 0 aliphatic carbocycles. The highest BCUT2D eigenvalue weighted by Gasteiger charge is 2.34. The van der Waals surface area contributed by atoms with Crippen molar-refractivity contribution in [1.82, 2.24) is 4.90 Å². The van der Waals surface area contributed by atoms with Crippen molar-refractivity contribution >= 4 is 5.78 Å². The zero-order chi connectivity index (χ0) is 16.1. The van der Waals surface area contributed by atoms with Crippen LogP contribution in [0.5, 0.6) is 0 Å². The van der Waals surface area contributed by atoms with Gasteiger partial charge >= 0.3 is 0 Å². The van der Waals surface area contributed by atoms with Crippen LogP contribution in [-0.2, 0) is 22.6 Å². The molecule has 0 saturated carbocycles. The molecule has 0 amide bonds. The fourth-order valence-corrected chi connectivity index (χ4v) is 3.10. The molecule has 3 heteroatoms. The Morgan fingerprint density at radius 2 is 1.52 bits per heavy atom. The van der Waals surface area contributed by atoms with Crippen LogP contribution in [0, 0.1) is 0 Å². The molecule has 1 saturated heterocycles. The van der Waals surface area contributed by atoms with Gasteiger partial charge in [0.2, 0.25) is 0 Å². The van der Waals surface area contributed by atoms with Gasteiger partial charge in [-0.1, -0.05) is 60.7 Å². The van der Waals surface area contributed by atoms with Gasteiger partial charge in [0.05, 0.1) is 6.61 Å². The Bertz CT molecular complexity index is 585. The molecule has 1 fully saturated rings. The molecular weight excluding hydrogens is 286 g/mol. The number of hydrogen-bond donors (Lipinski definition) is 0. The second-order valence-electron chi connectivity index (χ2n) is 6.12. The predicted octanol–water partition coefficient (Wildman–Crippen LogP) is 3.44. The number of carbonyl (C=O) groups is 1. The zero-order valence-electron chi connectivity index (χ0n) is 13.5. The van der Waals surface area contributed by atoms with Crippen molar-refractivity contribution in [2.24, 2.45) is 0 Å². The summed E-state index contributed by atoms with van der Waals surface area (Å²) in [6, 6.07) is 20.8. The fraction of sp³-hybridized carbons (Fsp3) is 0.350. The van der Waals surface area contributed by atoms with E-state index in [4.69, 9.17) is 4.74 Å². The van der Waals surface area contributed by atoms with Gasteiger partial charge in [-0.25, -0.2) is 0 Å². The van der Waals surface area contributed by atoms with Crippen molar-refractivity contribution in [3.8, 4) is 0 Å². The first-order chi connectivity index (χ1) is 11.2. The van der Waals surface area contributed by atoms with Crippen LogP contribution in [0.1, 0.15) is 24.5 Å². The first-order valence-corrected chi connectivity index (χ1v) is 8.20. The number of ether oxygens (including phenoxy) is 1. The summed E-state index contributed by atoms with van der Waals surface area (Å²) in [6.07, 6.45) is 0.238. The van der Waals surface area contributed by atoms with E-state index >= 15 is 0 Å². The topological polar surface area (TPSA) is 29.5 Å². The highest BCUT2D eigenvalue weighted by Crippen LogP contribution is 2.21. The summed E-state index contributed by atoms with van der Waals surface area (Å²) in [4.78, 5) is 14.4. The third-order valence-electron chi connectivity index (χ3n) is 4.43. The van der Waals surface area contributed by atoms with Gasteiger partial charge in [0, 0.05) is 25.6 Å². The SMILES string of the molecule is C[C@H]([C@H]1OCCC1=O)N(Cc1ccccc1)Cc1ccccc1. The fourth-order valence-electron chi connectivity index (χ4n) is 3.10. The molecule has 120 valence electrons. The normalized spacial score (nSPS) is 19.2. The molecular formula is C20H23NO2. The molecule has 2 aromatic rings. The van der Waals surface area contributed by atoms with Gasteiger partial charge in [-0.05, 0) is 18.1 Å². The molecule has 2 atom stereocenters. The molecule has 0 bridgehead atoms. The van der Waals surface area contributed by atoms with Gasteiger partial charge < -0.3 is 4.74 Å². The number of nitrogens with zero attached hydrogens (tertiary/aromatic N) is 1. The molecule has 3 nitrogen and oxygen atoms in total. The molecule has 1 aliphatic rings. The van der Waals surface area contributed by atoms with E-state index in [2.05, 4.69) is 60.4 Å². The van der Waals surface area contributed by atoms with E-state index in [-0.39, 0.29) is 17.9 Å². The largest absolute Gasteiger partial charge is 0.368 e. The van der Waals surface area contributed by atoms with Crippen molar-refractivity contribution < 1.29 is 9.53 Å². The Balaban J connectivity index is 1.78. The minimum absolute atomic E-state index is 0.0606. The van der Waals surface area contributed by atoms with Crippen LogP contribution in [0.2, 0.25) is 0 Å². The highest BCUT2D eigenvalue weighted by molar-refractivity contribution is 5.85. The van der Waals surface area contributed by atoms with Gasteiger partial charge in [0.15, 0.2) is 5.78 Å². The number of benzene rings is 2. The van der Waals surface area contributed by atoms with Gasteiger partial charge in [0.1, 0.15) is 6.10 Å². The Morgan fingerprint density at radius 1 is 1.00 bits per heavy atom. The van der Waals surface area contributed by atoms with Gasteiger partial charge in [-0.15, -0.1) is 0 Å². The summed E-state index contributed by atoms with van der Waals surface area (Å²) >= 11 is 0. The molecule has 0 N–H and O–H groups in total. The summed E-state index contributed by atoms with van der Waals surface area (Å²) in [5.74, 6) is 0.226. The first-order valence-electron chi connectivity index (χ1n) is 8.20. The number of hydrogen-bond acceptors (Lipinski definition) is 3. The summed E-state index contributed by atoms with van der Waals surface area (Å²) in [7, 11) is 0. The van der Waals surface area contributed by atoms with Crippen LogP contribution < -0.4 is 0 Å². The molecule has 0 unspecified atom stereocenters. The third kappa shape index (κ3) is 4.06. The maximum absolute atomic E-state index is 12.1. The Kier molecular flexibility index (Phi) is 5.21. The zero-order valence-corrected chi connectivity index (χ0v) is 13.5. The van der Waals surface area contributed by atoms with Gasteiger partial charge in [-0.2, -0.15) is 0 Å². The van der Waals surface area contributed by atoms with Crippen molar-refractivity contribution in [2.45, 2.75) is 38.6 Å². The molecule has 1 aliphatic heterocycles. The van der Waals surface area contributed by atoms with Gasteiger partial charge in [-0.3, -0.25) is 9.69 Å². The van der Waals surface area contributed by atoms with E-state index in [1.54, 1.807) is 0 Å². The van der Waals surface area contributed by atoms with E-state index in [0.717, 1.165) is 13.1 Å². The van der Waals surface area contributed by atoms with Crippen LogP contribution in [0.4, 0.5) is 0 Å². The molecule has 23 heavy (non-hydrogen) atoms. The van der Waals surface area contributed by atoms with Crippen LogP contribution >= 0.6 is 0 Å². The lowest BCUT2D eigenvalue weighted by Gasteiger charge is -2.32. The average Bonchev–Trinajstić information content (AvgIpc) is 3.01. The number of ketones is 1. The first kappa shape index (κ1) is 15.9. The lowest BCUT2D eigenvalue weighted by molar-refractivity contribution is -0.125. The van der Waals surface area contributed by atoms with Crippen LogP contribution in [0.25, 0.3) is 0 Å². The van der Waals surface area contributed by atoms with E-state index in [9.17, 15) is 4.79 Å². The monoisotopic (exact) mass is 309 g/mol. The average molecular weight is 309 g/mol. The summed E-state index contributed by atoms with van der Waals surface area (Å²) in [5, 5.41) is 0. The molecule has 3 rings (SSSR count).